The molecule has 0 N–H and O–H groups in total. The van der Waals surface area contributed by atoms with Crippen LogP contribution in [0.3, 0.4) is 0 Å². The van der Waals surface area contributed by atoms with Crippen molar-refractivity contribution in [3.8, 4) is 11.3 Å². The zero-order valence-corrected chi connectivity index (χ0v) is 13.8. The molecule has 0 saturated heterocycles. The second-order valence-electron chi connectivity index (χ2n) is 6.85. The normalized spacial score (nSPS) is 15.3. The number of hydrogen-bond acceptors (Lipinski definition) is 1. The van der Waals surface area contributed by atoms with Gasteiger partial charge < -0.3 is 0 Å². The molecule has 1 nitrogen and oxygen atoms in total. The minimum Gasteiger partial charge on any atom is -0.248 e. The quantitative estimate of drug-likeness (QED) is 0.583. The van der Waals surface area contributed by atoms with Crippen molar-refractivity contribution in [2.45, 2.75) is 39.0 Å². The zero-order valence-electron chi connectivity index (χ0n) is 13.8. The Morgan fingerprint density at radius 1 is 0.913 bits per heavy atom. The predicted octanol–water partition coefficient (Wildman–Crippen LogP) is 5.94. The molecule has 23 heavy (non-hydrogen) atoms. The first-order chi connectivity index (χ1) is 11.3. The van der Waals surface area contributed by atoms with Gasteiger partial charge >= 0.3 is 0 Å². The number of fused-ring (bicyclic) bond motifs is 1. The fraction of sp³-hybridized carbons (Fsp3) is 0.318. The van der Waals surface area contributed by atoms with Crippen LogP contribution in [0.5, 0.6) is 0 Å². The van der Waals surface area contributed by atoms with Crippen LogP contribution in [0.25, 0.3) is 22.2 Å². The Morgan fingerprint density at radius 2 is 1.74 bits per heavy atom. The summed E-state index contributed by atoms with van der Waals surface area (Å²) in [6.45, 7) is 2.15. The molecule has 0 bridgehead atoms. The van der Waals surface area contributed by atoms with Crippen molar-refractivity contribution in [2.24, 2.45) is 5.92 Å². The van der Waals surface area contributed by atoms with E-state index >= 15 is 0 Å². The zero-order chi connectivity index (χ0) is 15.6. The third-order valence-electron chi connectivity index (χ3n) is 5.23. The van der Waals surface area contributed by atoms with Gasteiger partial charge in [-0.2, -0.15) is 0 Å². The Bertz CT molecular complexity index is 828. The van der Waals surface area contributed by atoms with E-state index in [1.807, 2.05) is 0 Å². The SMILES string of the molecule is Cc1ccccc1-c1ccc2c(CC3CCCC3)cccc2n1. The van der Waals surface area contributed by atoms with Gasteiger partial charge in [0, 0.05) is 10.9 Å². The summed E-state index contributed by atoms with van der Waals surface area (Å²) in [6, 6.07) is 19.5. The van der Waals surface area contributed by atoms with Crippen LogP contribution in [-0.4, -0.2) is 4.98 Å². The van der Waals surface area contributed by atoms with Crippen molar-refractivity contribution in [2.75, 3.05) is 0 Å². The maximum atomic E-state index is 4.94. The molecule has 2 aromatic carbocycles. The van der Waals surface area contributed by atoms with Gasteiger partial charge in [0.1, 0.15) is 0 Å². The lowest BCUT2D eigenvalue weighted by atomic mass is 9.94. The largest absolute Gasteiger partial charge is 0.248 e. The van der Waals surface area contributed by atoms with Gasteiger partial charge in [-0.1, -0.05) is 68.1 Å². The smallest absolute Gasteiger partial charge is 0.0712 e. The van der Waals surface area contributed by atoms with Gasteiger partial charge in [0.25, 0.3) is 0 Å². The van der Waals surface area contributed by atoms with Gasteiger partial charge in [0.05, 0.1) is 11.2 Å². The number of hydrogen-bond donors (Lipinski definition) is 0. The molecule has 1 heteroatoms. The molecule has 1 saturated carbocycles. The molecular weight excluding hydrogens is 278 g/mol. The lowest BCUT2D eigenvalue weighted by Gasteiger charge is -2.12. The van der Waals surface area contributed by atoms with Crippen LogP contribution < -0.4 is 0 Å². The molecule has 116 valence electrons. The average Bonchev–Trinajstić information content (AvgIpc) is 3.08. The van der Waals surface area contributed by atoms with Gasteiger partial charge in [-0.3, -0.25) is 0 Å². The summed E-state index contributed by atoms with van der Waals surface area (Å²) in [7, 11) is 0. The third-order valence-corrected chi connectivity index (χ3v) is 5.23. The van der Waals surface area contributed by atoms with Crippen molar-refractivity contribution >= 4 is 10.9 Å². The van der Waals surface area contributed by atoms with Crippen molar-refractivity contribution in [1.29, 1.82) is 0 Å². The number of nitrogens with zero attached hydrogens (tertiary/aromatic N) is 1. The molecule has 1 fully saturated rings. The molecule has 1 aliphatic rings. The van der Waals surface area contributed by atoms with Crippen LogP contribution in [0, 0.1) is 12.8 Å². The Morgan fingerprint density at radius 3 is 2.57 bits per heavy atom. The summed E-state index contributed by atoms with van der Waals surface area (Å²) in [5.74, 6) is 0.872. The number of benzene rings is 2. The summed E-state index contributed by atoms with van der Waals surface area (Å²) in [6.07, 6.45) is 6.81. The van der Waals surface area contributed by atoms with Crippen LogP contribution in [0.1, 0.15) is 36.8 Å². The van der Waals surface area contributed by atoms with Crippen molar-refractivity contribution in [1.82, 2.24) is 4.98 Å². The molecular formula is C22H23N. The van der Waals surface area contributed by atoms with Crippen molar-refractivity contribution in [3.05, 3.63) is 65.7 Å². The molecule has 3 aromatic rings. The minimum absolute atomic E-state index is 0.872. The maximum absolute atomic E-state index is 4.94. The lowest BCUT2D eigenvalue weighted by Crippen LogP contribution is -2.00. The van der Waals surface area contributed by atoms with Crippen molar-refractivity contribution in [3.63, 3.8) is 0 Å². The topological polar surface area (TPSA) is 12.9 Å². The highest BCUT2D eigenvalue weighted by Gasteiger charge is 2.16. The van der Waals surface area contributed by atoms with E-state index in [1.54, 1.807) is 0 Å². The highest BCUT2D eigenvalue weighted by Crippen LogP contribution is 2.31. The second-order valence-corrected chi connectivity index (χ2v) is 6.85. The van der Waals surface area contributed by atoms with Crippen molar-refractivity contribution < 1.29 is 0 Å². The van der Waals surface area contributed by atoms with Crippen LogP contribution in [0.15, 0.2) is 54.6 Å². The molecule has 1 aliphatic carbocycles. The van der Waals surface area contributed by atoms with Gasteiger partial charge in [-0.05, 0) is 42.5 Å². The molecule has 1 aromatic heterocycles. The molecule has 0 unspecified atom stereocenters. The lowest BCUT2D eigenvalue weighted by molar-refractivity contribution is 0.548. The fourth-order valence-corrected chi connectivity index (χ4v) is 3.93. The molecule has 4 rings (SSSR count). The first-order valence-electron chi connectivity index (χ1n) is 8.76. The van der Waals surface area contributed by atoms with Crippen LogP contribution in [0.2, 0.25) is 0 Å². The average molecular weight is 301 g/mol. The van der Waals surface area contributed by atoms with Gasteiger partial charge in [-0.15, -0.1) is 0 Å². The number of aromatic nitrogens is 1. The van der Waals surface area contributed by atoms with Gasteiger partial charge in [0.2, 0.25) is 0 Å². The van der Waals surface area contributed by atoms with Crippen LogP contribution in [-0.2, 0) is 6.42 Å². The summed E-state index contributed by atoms with van der Waals surface area (Å²) in [5.41, 5.74) is 6.19. The van der Waals surface area contributed by atoms with Crippen LogP contribution in [0.4, 0.5) is 0 Å². The fourth-order valence-electron chi connectivity index (χ4n) is 3.93. The van der Waals surface area contributed by atoms with E-state index in [4.69, 9.17) is 4.98 Å². The molecule has 0 atom stereocenters. The monoisotopic (exact) mass is 301 g/mol. The van der Waals surface area contributed by atoms with Gasteiger partial charge in [0.15, 0.2) is 0 Å². The number of rotatable bonds is 3. The Labute approximate surface area is 138 Å². The predicted molar refractivity (Wildman–Crippen MR) is 97.6 cm³/mol. The Hall–Kier alpha value is -2.15. The molecule has 0 spiro atoms. The third kappa shape index (κ3) is 2.88. The molecule has 0 aliphatic heterocycles. The first-order valence-corrected chi connectivity index (χ1v) is 8.76. The number of aryl methyl sites for hydroxylation is 1. The standard InChI is InChI=1S/C22H23N/c1-16-7-2-5-11-19(16)22-14-13-20-18(10-6-12-21(20)23-22)15-17-8-3-4-9-17/h2,5-7,10-14,17H,3-4,8-9,15H2,1H3. The van der Waals surface area contributed by atoms with Gasteiger partial charge in [-0.25, -0.2) is 4.98 Å². The van der Waals surface area contributed by atoms with E-state index in [2.05, 4.69) is 61.5 Å². The van der Waals surface area contributed by atoms with E-state index < -0.39 is 0 Å². The van der Waals surface area contributed by atoms with Crippen LogP contribution >= 0.6 is 0 Å². The molecule has 0 radical (unpaired) electrons. The number of pyridine rings is 1. The maximum Gasteiger partial charge on any atom is 0.0712 e. The van der Waals surface area contributed by atoms with E-state index in [9.17, 15) is 0 Å². The Balaban J connectivity index is 1.74. The van der Waals surface area contributed by atoms with E-state index in [0.717, 1.165) is 17.1 Å². The highest BCUT2D eigenvalue weighted by atomic mass is 14.7. The first kappa shape index (κ1) is 14.4. The summed E-state index contributed by atoms with van der Waals surface area (Å²) >= 11 is 0. The summed E-state index contributed by atoms with van der Waals surface area (Å²) in [5, 5.41) is 1.33. The Kier molecular flexibility index (Phi) is 3.87. The minimum atomic E-state index is 0.872. The molecule has 1 heterocycles. The molecule has 0 amide bonds. The van der Waals surface area contributed by atoms with E-state index in [-0.39, 0.29) is 0 Å². The van der Waals surface area contributed by atoms with E-state index in [0.29, 0.717) is 0 Å². The van der Waals surface area contributed by atoms with E-state index in [1.165, 1.54) is 54.2 Å². The summed E-state index contributed by atoms with van der Waals surface area (Å²) < 4.78 is 0. The summed E-state index contributed by atoms with van der Waals surface area (Å²) in [4.78, 5) is 4.94. The second kappa shape index (κ2) is 6.16. The highest BCUT2D eigenvalue weighted by molar-refractivity contribution is 5.85.